The van der Waals surface area contributed by atoms with Crippen molar-refractivity contribution in [1.82, 2.24) is 5.43 Å². The molecule has 1 aliphatic heterocycles. The molecule has 4 N–H and O–H groups in total. The van der Waals surface area contributed by atoms with Crippen molar-refractivity contribution < 1.29 is 9.84 Å². The SMILES string of the molecule is NNC1COc2cc(O)ccc21. The molecule has 1 heterocycles. The number of hydrazine groups is 1. The maximum Gasteiger partial charge on any atom is 0.128 e. The quantitative estimate of drug-likeness (QED) is 0.414. The van der Waals surface area contributed by atoms with E-state index in [-0.39, 0.29) is 11.8 Å². The molecule has 1 atom stereocenters. The van der Waals surface area contributed by atoms with E-state index < -0.39 is 0 Å². The van der Waals surface area contributed by atoms with Gasteiger partial charge in [0.1, 0.15) is 18.1 Å². The monoisotopic (exact) mass is 166 g/mol. The van der Waals surface area contributed by atoms with Crippen LogP contribution in [0.15, 0.2) is 18.2 Å². The Balaban J connectivity index is 2.40. The molecule has 1 unspecified atom stereocenters. The van der Waals surface area contributed by atoms with Gasteiger partial charge < -0.3 is 9.84 Å². The first-order chi connectivity index (χ1) is 5.81. The van der Waals surface area contributed by atoms with Gasteiger partial charge in [-0.05, 0) is 12.1 Å². The Kier molecular flexibility index (Phi) is 1.64. The first kappa shape index (κ1) is 7.39. The molecule has 0 saturated carbocycles. The van der Waals surface area contributed by atoms with Gasteiger partial charge in [-0.25, -0.2) is 5.43 Å². The minimum absolute atomic E-state index is 0.0422. The molecule has 0 bridgehead atoms. The molecule has 0 aromatic heterocycles. The van der Waals surface area contributed by atoms with E-state index in [1.54, 1.807) is 12.1 Å². The van der Waals surface area contributed by atoms with Crippen molar-refractivity contribution in [3.05, 3.63) is 23.8 Å². The molecule has 64 valence electrons. The average molecular weight is 166 g/mol. The molecule has 1 aromatic rings. The van der Waals surface area contributed by atoms with Crippen molar-refractivity contribution in [1.29, 1.82) is 0 Å². The summed E-state index contributed by atoms with van der Waals surface area (Å²) >= 11 is 0. The Bertz CT molecular complexity index is 301. The highest BCUT2D eigenvalue weighted by Gasteiger charge is 2.22. The minimum atomic E-state index is 0.0422. The van der Waals surface area contributed by atoms with Gasteiger partial charge in [0.05, 0.1) is 6.04 Å². The van der Waals surface area contributed by atoms with Crippen LogP contribution in [0.1, 0.15) is 11.6 Å². The first-order valence-corrected chi connectivity index (χ1v) is 3.73. The van der Waals surface area contributed by atoms with E-state index in [4.69, 9.17) is 15.7 Å². The van der Waals surface area contributed by atoms with E-state index in [2.05, 4.69) is 5.43 Å². The summed E-state index contributed by atoms with van der Waals surface area (Å²) in [6.45, 7) is 0.523. The van der Waals surface area contributed by atoms with Crippen LogP contribution >= 0.6 is 0 Å². The molecule has 0 radical (unpaired) electrons. The second-order valence-electron chi connectivity index (χ2n) is 2.75. The van der Waals surface area contributed by atoms with Gasteiger partial charge >= 0.3 is 0 Å². The van der Waals surface area contributed by atoms with Crippen molar-refractivity contribution in [3.63, 3.8) is 0 Å². The molecular formula is C8H10N2O2. The summed E-state index contributed by atoms with van der Waals surface area (Å²) < 4.78 is 5.28. The Labute approximate surface area is 69.9 Å². The number of nitrogens with two attached hydrogens (primary N) is 1. The normalized spacial score (nSPS) is 20.2. The van der Waals surface area contributed by atoms with Crippen LogP contribution in [0.4, 0.5) is 0 Å². The van der Waals surface area contributed by atoms with Crippen molar-refractivity contribution >= 4 is 0 Å². The smallest absolute Gasteiger partial charge is 0.128 e. The molecule has 2 rings (SSSR count). The maximum absolute atomic E-state index is 9.12. The molecule has 4 heteroatoms. The molecule has 0 fully saturated rings. The summed E-state index contributed by atoms with van der Waals surface area (Å²) in [4.78, 5) is 0. The topological polar surface area (TPSA) is 67.5 Å². The van der Waals surface area contributed by atoms with Crippen LogP contribution < -0.4 is 16.0 Å². The molecule has 1 aromatic carbocycles. The third kappa shape index (κ3) is 1.01. The number of fused-ring (bicyclic) bond motifs is 1. The second kappa shape index (κ2) is 2.66. The van der Waals surface area contributed by atoms with Crippen molar-refractivity contribution in [2.24, 2.45) is 5.84 Å². The summed E-state index contributed by atoms with van der Waals surface area (Å²) in [7, 11) is 0. The van der Waals surface area contributed by atoms with Crippen LogP contribution in [0.3, 0.4) is 0 Å². The van der Waals surface area contributed by atoms with Gasteiger partial charge in [0.2, 0.25) is 0 Å². The van der Waals surface area contributed by atoms with Gasteiger partial charge in [-0.3, -0.25) is 5.84 Å². The number of hydrogen-bond donors (Lipinski definition) is 3. The molecule has 0 spiro atoms. The predicted molar refractivity (Wildman–Crippen MR) is 43.7 cm³/mol. The highest BCUT2D eigenvalue weighted by molar-refractivity contribution is 5.44. The number of phenols is 1. The minimum Gasteiger partial charge on any atom is -0.508 e. The van der Waals surface area contributed by atoms with Gasteiger partial charge in [-0.2, -0.15) is 0 Å². The van der Waals surface area contributed by atoms with E-state index >= 15 is 0 Å². The Morgan fingerprint density at radius 3 is 3.17 bits per heavy atom. The van der Waals surface area contributed by atoms with E-state index in [1.165, 1.54) is 0 Å². The van der Waals surface area contributed by atoms with E-state index in [0.717, 1.165) is 5.56 Å². The van der Waals surface area contributed by atoms with E-state index in [1.807, 2.05) is 6.07 Å². The lowest BCUT2D eigenvalue weighted by molar-refractivity contribution is 0.312. The van der Waals surface area contributed by atoms with Crippen LogP contribution in [0.5, 0.6) is 11.5 Å². The molecule has 4 nitrogen and oxygen atoms in total. The van der Waals surface area contributed by atoms with Crippen molar-refractivity contribution in [2.75, 3.05) is 6.61 Å². The van der Waals surface area contributed by atoms with Crippen LogP contribution in [0.2, 0.25) is 0 Å². The third-order valence-corrected chi connectivity index (χ3v) is 1.98. The second-order valence-corrected chi connectivity index (χ2v) is 2.75. The standard InChI is InChI=1S/C8H10N2O2/c9-10-7-4-12-8-3-5(11)1-2-6(7)8/h1-3,7,10-11H,4,9H2. The van der Waals surface area contributed by atoms with Crippen molar-refractivity contribution in [3.8, 4) is 11.5 Å². The summed E-state index contributed by atoms with van der Waals surface area (Å²) in [5, 5.41) is 9.12. The van der Waals surface area contributed by atoms with Crippen LogP contribution in [-0.4, -0.2) is 11.7 Å². The number of hydrogen-bond acceptors (Lipinski definition) is 4. The van der Waals surface area contributed by atoms with E-state index in [0.29, 0.717) is 12.4 Å². The van der Waals surface area contributed by atoms with Crippen LogP contribution in [0.25, 0.3) is 0 Å². The Morgan fingerprint density at radius 1 is 1.58 bits per heavy atom. The van der Waals surface area contributed by atoms with Crippen molar-refractivity contribution in [2.45, 2.75) is 6.04 Å². The number of benzene rings is 1. The fourth-order valence-electron chi connectivity index (χ4n) is 1.34. The fourth-order valence-corrected chi connectivity index (χ4v) is 1.34. The third-order valence-electron chi connectivity index (χ3n) is 1.98. The highest BCUT2D eigenvalue weighted by atomic mass is 16.5. The van der Waals surface area contributed by atoms with Gasteiger partial charge in [0, 0.05) is 11.6 Å². The molecule has 0 aliphatic carbocycles. The largest absolute Gasteiger partial charge is 0.508 e. The summed E-state index contributed by atoms with van der Waals surface area (Å²) in [5.74, 6) is 6.21. The number of ether oxygens (including phenoxy) is 1. The first-order valence-electron chi connectivity index (χ1n) is 3.73. The molecule has 0 amide bonds. The number of phenolic OH excluding ortho intramolecular Hbond substituents is 1. The molecule has 12 heavy (non-hydrogen) atoms. The highest BCUT2D eigenvalue weighted by Crippen LogP contribution is 2.34. The van der Waals surface area contributed by atoms with Gasteiger partial charge in [0.25, 0.3) is 0 Å². The number of rotatable bonds is 1. The summed E-state index contributed by atoms with van der Waals surface area (Å²) in [6.07, 6.45) is 0. The lowest BCUT2D eigenvalue weighted by atomic mass is 10.1. The zero-order valence-electron chi connectivity index (χ0n) is 6.45. The Hall–Kier alpha value is -1.26. The summed E-state index contributed by atoms with van der Waals surface area (Å²) in [6, 6.07) is 5.06. The predicted octanol–water partition coefficient (Wildman–Crippen LogP) is 0.289. The van der Waals surface area contributed by atoms with Crippen LogP contribution in [0, 0.1) is 0 Å². The zero-order valence-corrected chi connectivity index (χ0v) is 6.45. The molecule has 1 aliphatic rings. The number of nitrogens with one attached hydrogen (secondary N) is 1. The molecule has 0 saturated heterocycles. The van der Waals surface area contributed by atoms with Gasteiger partial charge in [-0.15, -0.1) is 0 Å². The average Bonchev–Trinajstić information content (AvgIpc) is 2.46. The van der Waals surface area contributed by atoms with Gasteiger partial charge in [0.15, 0.2) is 0 Å². The van der Waals surface area contributed by atoms with Gasteiger partial charge in [-0.1, -0.05) is 0 Å². The number of aromatic hydroxyl groups is 1. The van der Waals surface area contributed by atoms with E-state index in [9.17, 15) is 0 Å². The zero-order chi connectivity index (χ0) is 8.55. The maximum atomic E-state index is 9.12. The lowest BCUT2D eigenvalue weighted by Gasteiger charge is -2.04. The molecular weight excluding hydrogens is 156 g/mol. The Morgan fingerprint density at radius 2 is 2.42 bits per heavy atom. The lowest BCUT2D eigenvalue weighted by Crippen LogP contribution is -2.28. The van der Waals surface area contributed by atoms with Crippen LogP contribution in [-0.2, 0) is 0 Å². The fraction of sp³-hybridized carbons (Fsp3) is 0.250. The summed E-state index contributed by atoms with van der Waals surface area (Å²) in [5.41, 5.74) is 3.63.